The number of halogens is 12. The van der Waals surface area contributed by atoms with Crippen molar-refractivity contribution in [2.24, 2.45) is 0 Å². The molecule has 0 radical (unpaired) electrons. The van der Waals surface area contributed by atoms with Crippen LogP contribution in [0.4, 0.5) is 26.3 Å². The quantitative estimate of drug-likeness (QED) is 0.130. The maximum absolute atomic E-state index is 13.3. The number of hydrogen-bond donors (Lipinski definition) is 0. The third kappa shape index (κ3) is 17.7. The molecule has 4 aliphatic rings. The summed E-state index contributed by atoms with van der Waals surface area (Å²) >= 11 is 30.4. The summed E-state index contributed by atoms with van der Waals surface area (Å²) in [5.74, 6) is -0.729. The fraction of sp³-hybridized carbons (Fsp3) is 0.211. The normalized spacial score (nSPS) is 16.2. The number of alkyl halides is 6. The van der Waals surface area contributed by atoms with Crippen molar-refractivity contribution in [3.63, 3.8) is 0 Å². The molecule has 4 aliphatic heterocycles. The van der Waals surface area contributed by atoms with E-state index in [2.05, 4.69) is 84.3 Å². The number of amides is 4. The molecule has 0 spiro atoms. The zero-order valence-electron chi connectivity index (χ0n) is 57.0. The third-order valence-electron chi connectivity index (χ3n) is 18.2. The van der Waals surface area contributed by atoms with Crippen molar-refractivity contribution >= 4 is 147 Å². The van der Waals surface area contributed by atoms with Crippen molar-refractivity contribution in [2.75, 3.05) is 39.3 Å². The van der Waals surface area contributed by atoms with Crippen LogP contribution < -0.4 is 0 Å². The molecule has 0 N–H and O–H groups in total. The standard InChI is InChI=1S/2C20H16BrF3N4O.2C18H14Cl2N4O/c1-12-7-14(13-3-2-4-15(8-13)20(22,23)24)5-6-27(12)19(29)17-9-18-25-10-16(21)11-28(18)26-17;1-12-8-13(15-4-2-3-5-16(15)20(22,23)24)6-7-27(12)19(29)17-9-18-25-10-14(21)11-28(18)26-17;19-14-3-1-12(2-4-14)13-5-7-23(8-6-13)18(25)16-9-17-21-10-15(20)11-24(17)22-16;19-14-3-1-2-13(8-14)12-4-6-23(7-5-12)18(25)16-9-17-21-10-15(20)11-24(17)22-16/h2-5,8-12H,6-7H2,1H3;2-6,9-12H,7-8H2,1H3;1-5,9-11H,6-8H2;1-4,8-11H,5-7H2. The molecule has 32 heteroatoms. The van der Waals surface area contributed by atoms with Crippen molar-refractivity contribution in [2.45, 2.75) is 64.0 Å². The van der Waals surface area contributed by atoms with Crippen molar-refractivity contribution < 1.29 is 45.5 Å². The van der Waals surface area contributed by atoms with Crippen molar-refractivity contribution in [1.29, 1.82) is 0 Å². The Morgan fingerprint density at radius 3 is 1.31 bits per heavy atom. The first kappa shape index (κ1) is 76.1. The first-order valence-corrected chi connectivity index (χ1v) is 36.6. The Bertz CT molecular complexity index is 5590. The van der Waals surface area contributed by atoms with Crippen LogP contribution in [0.1, 0.15) is 115 Å². The summed E-state index contributed by atoms with van der Waals surface area (Å²) in [4.78, 5) is 74.8. The van der Waals surface area contributed by atoms with Gasteiger partial charge in [-0.3, -0.25) is 19.2 Å². The highest BCUT2D eigenvalue weighted by molar-refractivity contribution is 9.10. The minimum Gasteiger partial charge on any atom is -0.333 e. The van der Waals surface area contributed by atoms with Crippen LogP contribution in [0.2, 0.25) is 20.1 Å². The topological polar surface area (TPSA) is 202 Å². The molecular formula is C76H60Br2Cl4F6N16O4. The van der Waals surface area contributed by atoms with Crippen LogP contribution in [0.5, 0.6) is 0 Å². The Kier molecular flexibility index (Phi) is 22.8. The number of rotatable bonds is 8. The average molecular weight is 1680 g/mol. The maximum atomic E-state index is 13.3. The van der Waals surface area contributed by atoms with Crippen LogP contribution in [0.15, 0.2) is 204 Å². The zero-order valence-corrected chi connectivity index (χ0v) is 63.2. The molecule has 16 rings (SSSR count). The second-order valence-corrected chi connectivity index (χ2v) is 29.1. The lowest BCUT2D eigenvalue weighted by Crippen LogP contribution is -2.41. The highest BCUT2D eigenvalue weighted by Crippen LogP contribution is 2.39. The van der Waals surface area contributed by atoms with Crippen molar-refractivity contribution in [3.8, 4) is 0 Å². The number of hydrogen-bond acceptors (Lipinski definition) is 12. The fourth-order valence-corrected chi connectivity index (χ4v) is 14.0. The summed E-state index contributed by atoms with van der Waals surface area (Å²) in [7, 11) is 0. The van der Waals surface area contributed by atoms with E-state index in [0.29, 0.717) is 106 Å². The number of carbonyl (C=O) groups excluding carboxylic acids is 4. The predicted molar refractivity (Wildman–Crippen MR) is 406 cm³/mol. The van der Waals surface area contributed by atoms with Crippen LogP contribution >= 0.6 is 78.3 Å². The summed E-state index contributed by atoms with van der Waals surface area (Å²) < 4.78 is 86.6. The van der Waals surface area contributed by atoms with Gasteiger partial charge in [0.1, 0.15) is 0 Å². The average Bonchev–Trinajstić information content (AvgIpc) is 0.975. The SMILES string of the molecule is CC1CC(c2cccc(C(F)(F)F)c2)=CCN1C(=O)c1cc2ncc(Br)cn2n1.CC1CC(c2ccccc2C(F)(F)F)=CCN1C(=O)c1cc2ncc(Br)cn2n1.O=C(c1cc2ncc(Cl)cn2n1)N1CC=C(c2ccc(Cl)cc2)CC1.O=C(c1cc2ncc(Cl)cn2n1)N1CC=C(c2cccc(Cl)c2)CC1. The van der Waals surface area contributed by atoms with E-state index < -0.39 is 23.5 Å². The van der Waals surface area contributed by atoms with Gasteiger partial charge in [0.15, 0.2) is 45.4 Å². The molecule has 552 valence electrons. The molecule has 20 nitrogen and oxygen atoms in total. The zero-order chi connectivity index (χ0) is 76.3. The van der Waals surface area contributed by atoms with Crippen molar-refractivity contribution in [3.05, 3.63) is 280 Å². The van der Waals surface area contributed by atoms with Gasteiger partial charge in [0.25, 0.3) is 23.6 Å². The third-order valence-corrected chi connectivity index (χ3v) is 19.9. The molecule has 2 atom stereocenters. The summed E-state index contributed by atoms with van der Waals surface area (Å²) in [6.07, 6.45) is 14.2. The van der Waals surface area contributed by atoms with Gasteiger partial charge in [-0.2, -0.15) is 46.7 Å². The fourth-order valence-electron chi connectivity index (χ4n) is 12.8. The van der Waals surface area contributed by atoms with Gasteiger partial charge in [0.2, 0.25) is 0 Å². The monoisotopic (exact) mass is 1670 g/mol. The minimum atomic E-state index is -4.43. The summed E-state index contributed by atoms with van der Waals surface area (Å²) in [6, 6.07) is 32.5. The Morgan fingerprint density at radius 2 is 0.843 bits per heavy atom. The molecule has 4 amide bonds. The van der Waals surface area contributed by atoms with Crippen LogP contribution in [0, 0.1) is 0 Å². The van der Waals surface area contributed by atoms with E-state index >= 15 is 0 Å². The number of nitrogens with zero attached hydrogens (tertiary/aromatic N) is 16. The van der Waals surface area contributed by atoms with Gasteiger partial charge in [0.05, 0.1) is 42.5 Å². The van der Waals surface area contributed by atoms with Gasteiger partial charge in [0, 0.05) is 123 Å². The summed E-state index contributed by atoms with van der Waals surface area (Å²) in [5, 5.41) is 19.5. The smallest absolute Gasteiger partial charge is 0.333 e. The second kappa shape index (κ2) is 32.4. The molecule has 0 saturated carbocycles. The molecule has 8 aromatic heterocycles. The lowest BCUT2D eigenvalue weighted by molar-refractivity contribution is -0.138. The Balaban J connectivity index is 0.000000127. The number of fused-ring (bicyclic) bond motifs is 4. The van der Waals surface area contributed by atoms with E-state index in [-0.39, 0.29) is 59.2 Å². The van der Waals surface area contributed by atoms with E-state index in [9.17, 15) is 45.5 Å². The van der Waals surface area contributed by atoms with Crippen LogP contribution in [-0.4, -0.2) is 153 Å². The first-order valence-electron chi connectivity index (χ1n) is 33.5. The lowest BCUT2D eigenvalue weighted by Gasteiger charge is -2.33. The maximum Gasteiger partial charge on any atom is 0.416 e. The first-order chi connectivity index (χ1) is 51.7. The van der Waals surface area contributed by atoms with Crippen molar-refractivity contribution in [1.82, 2.24) is 78.0 Å². The largest absolute Gasteiger partial charge is 0.416 e. The molecule has 2 unspecified atom stereocenters. The lowest BCUT2D eigenvalue weighted by atomic mass is 9.91. The summed E-state index contributed by atoms with van der Waals surface area (Å²) in [5.41, 5.74) is 8.99. The highest BCUT2D eigenvalue weighted by atomic mass is 79.9. The molecular weight excluding hydrogens is 1620 g/mol. The minimum absolute atomic E-state index is 0.104. The molecule has 0 aliphatic carbocycles. The number of carbonyl (C=O) groups is 4. The molecule has 0 saturated heterocycles. The molecule has 0 fully saturated rings. The molecule has 12 heterocycles. The van der Waals surface area contributed by atoms with E-state index in [4.69, 9.17) is 46.4 Å². The van der Waals surface area contributed by atoms with Crippen LogP contribution in [0.25, 0.3) is 44.9 Å². The van der Waals surface area contributed by atoms with Gasteiger partial charge in [-0.15, -0.1) is 0 Å². The Labute approximate surface area is 649 Å². The molecule has 12 aromatic rings. The van der Waals surface area contributed by atoms with Gasteiger partial charge in [-0.1, -0.05) is 125 Å². The molecule has 108 heavy (non-hydrogen) atoms. The predicted octanol–water partition coefficient (Wildman–Crippen LogP) is 17.6. The Morgan fingerprint density at radius 1 is 0.417 bits per heavy atom. The van der Waals surface area contributed by atoms with Gasteiger partial charge in [-0.05, 0) is 158 Å². The van der Waals surface area contributed by atoms with E-state index in [1.54, 1.807) is 105 Å². The number of aromatic nitrogens is 12. The Hall–Kier alpha value is -10.1. The van der Waals surface area contributed by atoms with E-state index in [1.165, 1.54) is 59.8 Å². The second-order valence-electron chi connectivity index (χ2n) is 25.5. The number of benzene rings is 4. The molecule has 0 bridgehead atoms. The van der Waals surface area contributed by atoms with Gasteiger partial charge in [-0.25, -0.2) is 38.0 Å². The van der Waals surface area contributed by atoms with E-state index in [1.807, 2.05) is 62.4 Å². The van der Waals surface area contributed by atoms with Gasteiger partial charge >= 0.3 is 12.4 Å². The summed E-state index contributed by atoms with van der Waals surface area (Å²) in [6.45, 7) is 6.61. The van der Waals surface area contributed by atoms with Gasteiger partial charge < -0.3 is 19.6 Å². The van der Waals surface area contributed by atoms with E-state index in [0.717, 1.165) is 61.7 Å². The van der Waals surface area contributed by atoms with Crippen LogP contribution in [-0.2, 0) is 12.4 Å². The van der Waals surface area contributed by atoms with Crippen LogP contribution in [0.3, 0.4) is 0 Å². The molecule has 4 aromatic carbocycles. The highest BCUT2D eigenvalue weighted by Gasteiger charge is 2.37.